The van der Waals surface area contributed by atoms with Gasteiger partial charge in [0.15, 0.2) is 0 Å². The van der Waals surface area contributed by atoms with Crippen molar-refractivity contribution in [2.24, 2.45) is 0 Å². The molecule has 1 aromatic carbocycles. The minimum atomic E-state index is -0.644. The van der Waals surface area contributed by atoms with Crippen molar-refractivity contribution in [3.05, 3.63) is 38.9 Å². The van der Waals surface area contributed by atoms with Crippen molar-refractivity contribution >= 4 is 23.2 Å². The van der Waals surface area contributed by atoms with E-state index in [0.29, 0.717) is 0 Å². The molecule has 0 aliphatic heterocycles. The number of nitro benzene ring substituents is 1. The zero-order chi connectivity index (χ0) is 13.7. The molecule has 0 aliphatic rings. The Kier molecular flexibility index (Phi) is 4.63. The Bertz CT molecular complexity index is 525. The van der Waals surface area contributed by atoms with E-state index in [1.54, 1.807) is 0 Å². The molecule has 0 spiro atoms. The maximum Gasteiger partial charge on any atom is 0.288 e. The summed E-state index contributed by atoms with van der Waals surface area (Å²) in [6.45, 7) is 0.270. The summed E-state index contributed by atoms with van der Waals surface area (Å²) in [4.78, 5) is 23.3. The van der Waals surface area contributed by atoms with Gasteiger partial charge in [-0.2, -0.15) is 5.26 Å². The van der Waals surface area contributed by atoms with Crippen LogP contribution < -0.4 is 0 Å². The van der Waals surface area contributed by atoms with E-state index in [2.05, 4.69) is 0 Å². The average molecular weight is 268 g/mol. The number of hydrogen-bond acceptors (Lipinski definition) is 4. The predicted molar refractivity (Wildman–Crippen MR) is 65.3 cm³/mol. The number of amides is 1. The van der Waals surface area contributed by atoms with Crippen molar-refractivity contribution in [3.63, 3.8) is 0 Å². The molecule has 7 heteroatoms. The molecule has 1 rings (SSSR count). The molecule has 1 amide bonds. The summed E-state index contributed by atoms with van der Waals surface area (Å²) in [6.07, 6.45) is 0.206. The van der Waals surface area contributed by atoms with Crippen molar-refractivity contribution in [1.82, 2.24) is 4.90 Å². The van der Waals surface area contributed by atoms with Crippen LogP contribution in [0, 0.1) is 21.4 Å². The Morgan fingerprint density at radius 2 is 2.28 bits per heavy atom. The minimum Gasteiger partial charge on any atom is -0.341 e. The van der Waals surface area contributed by atoms with Crippen molar-refractivity contribution in [2.75, 3.05) is 13.6 Å². The van der Waals surface area contributed by atoms with E-state index in [-0.39, 0.29) is 35.1 Å². The first kappa shape index (κ1) is 13.9. The molecule has 0 aliphatic carbocycles. The average Bonchev–Trinajstić information content (AvgIpc) is 2.35. The van der Waals surface area contributed by atoms with E-state index in [4.69, 9.17) is 16.9 Å². The lowest BCUT2D eigenvalue weighted by Gasteiger charge is -2.15. The van der Waals surface area contributed by atoms with Crippen LogP contribution in [0.1, 0.15) is 16.8 Å². The molecule has 0 bridgehead atoms. The first-order chi connectivity index (χ1) is 8.47. The number of nitrogens with zero attached hydrogens (tertiary/aromatic N) is 3. The van der Waals surface area contributed by atoms with Crippen molar-refractivity contribution in [3.8, 4) is 6.07 Å². The van der Waals surface area contributed by atoms with Crippen LogP contribution in [0.2, 0.25) is 5.02 Å². The van der Waals surface area contributed by atoms with Crippen LogP contribution >= 0.6 is 11.6 Å². The van der Waals surface area contributed by atoms with Gasteiger partial charge in [-0.25, -0.2) is 0 Å². The highest BCUT2D eigenvalue weighted by atomic mass is 35.5. The van der Waals surface area contributed by atoms with E-state index in [1.165, 1.54) is 24.1 Å². The van der Waals surface area contributed by atoms with Gasteiger partial charge in [-0.1, -0.05) is 11.6 Å². The maximum absolute atomic E-state index is 11.9. The van der Waals surface area contributed by atoms with Gasteiger partial charge in [0.2, 0.25) is 0 Å². The number of nitriles is 1. The lowest BCUT2D eigenvalue weighted by molar-refractivity contribution is -0.384. The lowest BCUT2D eigenvalue weighted by atomic mass is 10.1. The second kappa shape index (κ2) is 5.98. The lowest BCUT2D eigenvalue weighted by Crippen LogP contribution is -2.27. The molecule has 0 radical (unpaired) electrons. The molecular formula is C11H10ClN3O3. The topological polar surface area (TPSA) is 87.2 Å². The zero-order valence-electron chi connectivity index (χ0n) is 9.59. The van der Waals surface area contributed by atoms with Gasteiger partial charge in [-0.3, -0.25) is 14.9 Å². The normalized spacial score (nSPS) is 9.61. The second-order valence-electron chi connectivity index (χ2n) is 3.56. The molecule has 0 saturated carbocycles. The van der Waals surface area contributed by atoms with Crippen LogP contribution in [-0.4, -0.2) is 29.3 Å². The fourth-order valence-corrected chi connectivity index (χ4v) is 1.51. The first-order valence-corrected chi connectivity index (χ1v) is 5.41. The fraction of sp³-hybridized carbons (Fsp3) is 0.273. The Labute approximate surface area is 109 Å². The monoisotopic (exact) mass is 267 g/mol. The molecule has 0 aromatic heterocycles. The quantitative estimate of drug-likeness (QED) is 0.618. The van der Waals surface area contributed by atoms with Crippen molar-refractivity contribution in [1.29, 1.82) is 5.26 Å². The summed E-state index contributed by atoms with van der Waals surface area (Å²) in [5, 5.41) is 19.1. The highest BCUT2D eigenvalue weighted by Gasteiger charge is 2.18. The van der Waals surface area contributed by atoms with Crippen LogP contribution in [0.3, 0.4) is 0 Å². The third kappa shape index (κ3) is 3.18. The maximum atomic E-state index is 11.9. The number of nitro groups is 1. The number of rotatable bonds is 4. The number of hydrogen-bond donors (Lipinski definition) is 0. The summed E-state index contributed by atoms with van der Waals surface area (Å²) in [6, 6.07) is 5.78. The molecule has 0 fully saturated rings. The Balaban J connectivity index is 2.97. The second-order valence-corrected chi connectivity index (χ2v) is 3.97. The summed E-state index contributed by atoms with van der Waals surface area (Å²) in [5.41, 5.74) is -0.136. The molecule has 94 valence electrons. The first-order valence-electron chi connectivity index (χ1n) is 5.03. The highest BCUT2D eigenvalue weighted by molar-refractivity contribution is 6.32. The molecular weight excluding hydrogens is 258 g/mol. The van der Waals surface area contributed by atoms with Crippen LogP contribution in [0.15, 0.2) is 18.2 Å². The van der Waals surface area contributed by atoms with Crippen LogP contribution in [0.25, 0.3) is 0 Å². The number of carbonyl (C=O) groups excluding carboxylic acids is 1. The fourth-order valence-electron chi connectivity index (χ4n) is 1.33. The molecule has 0 saturated heterocycles. The Morgan fingerprint density at radius 3 is 2.83 bits per heavy atom. The van der Waals surface area contributed by atoms with Gasteiger partial charge in [0.25, 0.3) is 11.6 Å². The van der Waals surface area contributed by atoms with Gasteiger partial charge < -0.3 is 4.90 Å². The molecule has 0 atom stereocenters. The van der Waals surface area contributed by atoms with Crippen molar-refractivity contribution in [2.45, 2.75) is 6.42 Å². The number of benzene rings is 1. The van der Waals surface area contributed by atoms with Gasteiger partial charge in [0.1, 0.15) is 5.02 Å². The standard InChI is InChI=1S/C11H10ClN3O3/c1-14(6-2-5-13)11(16)8-3-4-9(12)10(7-8)15(17)18/h3-4,7H,2,6H2,1H3. The minimum absolute atomic E-state index is 0.0174. The molecule has 6 nitrogen and oxygen atoms in total. The van der Waals surface area contributed by atoms with Crippen LogP contribution in [0.5, 0.6) is 0 Å². The van der Waals surface area contributed by atoms with E-state index >= 15 is 0 Å². The third-order valence-corrected chi connectivity index (χ3v) is 2.62. The Morgan fingerprint density at radius 1 is 1.61 bits per heavy atom. The van der Waals surface area contributed by atoms with E-state index in [9.17, 15) is 14.9 Å². The number of carbonyl (C=O) groups is 1. The summed E-state index contributed by atoms with van der Waals surface area (Å²) in [5.74, 6) is -0.384. The van der Waals surface area contributed by atoms with Crippen LogP contribution in [-0.2, 0) is 0 Å². The van der Waals surface area contributed by atoms with E-state index in [1.807, 2.05) is 6.07 Å². The zero-order valence-corrected chi connectivity index (χ0v) is 10.3. The van der Waals surface area contributed by atoms with E-state index < -0.39 is 4.92 Å². The molecule has 0 N–H and O–H groups in total. The van der Waals surface area contributed by atoms with Gasteiger partial charge in [-0.05, 0) is 12.1 Å². The molecule has 0 heterocycles. The largest absolute Gasteiger partial charge is 0.341 e. The summed E-state index contributed by atoms with van der Waals surface area (Å²) in [7, 11) is 1.53. The molecule has 1 aromatic rings. The van der Waals surface area contributed by atoms with Crippen molar-refractivity contribution < 1.29 is 9.72 Å². The van der Waals surface area contributed by atoms with Gasteiger partial charge >= 0.3 is 0 Å². The van der Waals surface area contributed by atoms with Gasteiger partial charge in [0, 0.05) is 25.2 Å². The summed E-state index contributed by atoms with van der Waals surface area (Å²) < 4.78 is 0. The number of halogens is 1. The highest BCUT2D eigenvalue weighted by Crippen LogP contribution is 2.25. The van der Waals surface area contributed by atoms with E-state index in [0.717, 1.165) is 6.07 Å². The summed E-state index contributed by atoms with van der Waals surface area (Å²) >= 11 is 5.65. The predicted octanol–water partition coefficient (Wildman–Crippen LogP) is 2.23. The van der Waals surface area contributed by atoms with Gasteiger partial charge in [0.05, 0.1) is 17.4 Å². The van der Waals surface area contributed by atoms with Crippen LogP contribution in [0.4, 0.5) is 5.69 Å². The smallest absolute Gasteiger partial charge is 0.288 e. The SMILES string of the molecule is CN(CCC#N)C(=O)c1ccc(Cl)c([N+](=O)[O-])c1. The Hall–Kier alpha value is -2.13. The third-order valence-electron chi connectivity index (χ3n) is 2.30. The van der Waals surface area contributed by atoms with Gasteiger partial charge in [-0.15, -0.1) is 0 Å². The molecule has 0 unspecified atom stereocenters. The molecule has 18 heavy (non-hydrogen) atoms.